The zero-order valence-electron chi connectivity index (χ0n) is 7.52. The van der Waals surface area contributed by atoms with Crippen LogP contribution in [0.3, 0.4) is 0 Å². The summed E-state index contributed by atoms with van der Waals surface area (Å²) >= 11 is 0. The molecule has 0 amide bonds. The lowest BCUT2D eigenvalue weighted by Gasteiger charge is -2.18. The molecule has 1 unspecified atom stereocenters. The molecule has 0 bridgehead atoms. The molecule has 1 aliphatic heterocycles. The summed E-state index contributed by atoms with van der Waals surface area (Å²) in [6.07, 6.45) is 2.59. The van der Waals surface area contributed by atoms with Gasteiger partial charge in [-0.2, -0.15) is 0 Å². The Morgan fingerprint density at radius 1 is 1.64 bits per heavy atom. The smallest absolute Gasteiger partial charge is 0.0731 e. The highest BCUT2D eigenvalue weighted by Gasteiger charge is 2.31. The first kappa shape index (κ1) is 8.97. The zero-order chi connectivity index (χ0) is 8.32. The van der Waals surface area contributed by atoms with E-state index in [4.69, 9.17) is 9.57 Å². The SMILES string of the molecule is CONCC1CCC(C)(C)O1. The Labute approximate surface area is 68.0 Å². The Morgan fingerprint density at radius 2 is 2.36 bits per heavy atom. The minimum absolute atomic E-state index is 0.0695. The summed E-state index contributed by atoms with van der Waals surface area (Å²) < 4.78 is 5.71. The van der Waals surface area contributed by atoms with E-state index in [1.807, 2.05) is 0 Å². The number of hydroxylamine groups is 1. The fourth-order valence-corrected chi connectivity index (χ4v) is 1.40. The number of ether oxygens (including phenoxy) is 1. The molecule has 11 heavy (non-hydrogen) atoms. The van der Waals surface area contributed by atoms with Gasteiger partial charge >= 0.3 is 0 Å². The topological polar surface area (TPSA) is 30.5 Å². The molecule has 1 fully saturated rings. The van der Waals surface area contributed by atoms with Crippen LogP contribution in [0.25, 0.3) is 0 Å². The summed E-state index contributed by atoms with van der Waals surface area (Å²) in [4.78, 5) is 4.74. The molecular weight excluding hydrogens is 142 g/mol. The predicted molar refractivity (Wildman–Crippen MR) is 43.2 cm³/mol. The molecular formula is C8H17NO2. The van der Waals surface area contributed by atoms with Gasteiger partial charge in [0.05, 0.1) is 18.8 Å². The number of rotatable bonds is 3. The van der Waals surface area contributed by atoms with Crippen molar-refractivity contribution in [3.05, 3.63) is 0 Å². The molecule has 1 saturated heterocycles. The quantitative estimate of drug-likeness (QED) is 0.625. The summed E-state index contributed by atoms with van der Waals surface area (Å²) in [6.45, 7) is 5.04. The van der Waals surface area contributed by atoms with Crippen molar-refractivity contribution < 1.29 is 9.57 Å². The molecule has 66 valence electrons. The van der Waals surface area contributed by atoms with Gasteiger partial charge in [0.15, 0.2) is 0 Å². The molecule has 0 spiro atoms. The van der Waals surface area contributed by atoms with Gasteiger partial charge in [-0.15, -0.1) is 0 Å². The first-order valence-electron chi connectivity index (χ1n) is 4.08. The molecule has 3 nitrogen and oxygen atoms in total. The Hall–Kier alpha value is -0.120. The first-order chi connectivity index (χ1) is 5.14. The largest absolute Gasteiger partial charge is 0.371 e. The third-order valence-electron chi connectivity index (χ3n) is 2.01. The predicted octanol–water partition coefficient (Wildman–Crippen LogP) is 1.09. The van der Waals surface area contributed by atoms with Crippen LogP contribution < -0.4 is 5.48 Å². The van der Waals surface area contributed by atoms with Gasteiger partial charge in [-0.05, 0) is 26.7 Å². The summed E-state index contributed by atoms with van der Waals surface area (Å²) in [5.41, 5.74) is 2.87. The van der Waals surface area contributed by atoms with Gasteiger partial charge in [-0.1, -0.05) is 0 Å². The monoisotopic (exact) mass is 159 g/mol. The van der Waals surface area contributed by atoms with Crippen molar-refractivity contribution in [2.75, 3.05) is 13.7 Å². The maximum atomic E-state index is 5.71. The van der Waals surface area contributed by atoms with E-state index in [0.29, 0.717) is 6.10 Å². The molecule has 0 aromatic carbocycles. The first-order valence-corrected chi connectivity index (χ1v) is 4.08. The number of nitrogens with one attached hydrogen (secondary N) is 1. The third-order valence-corrected chi connectivity index (χ3v) is 2.01. The molecule has 1 heterocycles. The Morgan fingerprint density at radius 3 is 2.82 bits per heavy atom. The second-order valence-corrected chi connectivity index (χ2v) is 3.59. The van der Waals surface area contributed by atoms with Crippen molar-refractivity contribution in [1.29, 1.82) is 0 Å². The maximum absolute atomic E-state index is 5.71. The van der Waals surface area contributed by atoms with Gasteiger partial charge in [0, 0.05) is 6.54 Å². The van der Waals surface area contributed by atoms with Crippen LogP contribution >= 0.6 is 0 Å². The summed E-state index contributed by atoms with van der Waals surface area (Å²) in [5.74, 6) is 0. The maximum Gasteiger partial charge on any atom is 0.0731 e. The zero-order valence-corrected chi connectivity index (χ0v) is 7.52. The fraction of sp³-hybridized carbons (Fsp3) is 1.00. The molecule has 0 aromatic rings. The summed E-state index contributed by atoms with van der Waals surface area (Å²) in [5, 5.41) is 0. The van der Waals surface area contributed by atoms with E-state index in [1.165, 1.54) is 0 Å². The minimum atomic E-state index is 0.0695. The van der Waals surface area contributed by atoms with Gasteiger partial charge in [-0.3, -0.25) is 0 Å². The van der Waals surface area contributed by atoms with Gasteiger partial charge in [0.1, 0.15) is 0 Å². The van der Waals surface area contributed by atoms with E-state index < -0.39 is 0 Å². The van der Waals surface area contributed by atoms with E-state index in [-0.39, 0.29) is 5.60 Å². The van der Waals surface area contributed by atoms with Crippen LogP contribution in [0.1, 0.15) is 26.7 Å². The minimum Gasteiger partial charge on any atom is -0.371 e. The van der Waals surface area contributed by atoms with Crippen LogP contribution in [0.2, 0.25) is 0 Å². The Kier molecular flexibility index (Phi) is 2.87. The summed E-state index contributed by atoms with van der Waals surface area (Å²) in [7, 11) is 1.63. The summed E-state index contributed by atoms with van der Waals surface area (Å²) in [6, 6.07) is 0. The average Bonchev–Trinajstić information content (AvgIpc) is 2.26. The Bertz CT molecular complexity index is 125. The molecule has 3 heteroatoms. The van der Waals surface area contributed by atoms with Gasteiger partial charge in [-0.25, -0.2) is 5.48 Å². The molecule has 1 atom stereocenters. The van der Waals surface area contributed by atoms with Crippen LogP contribution in [0.15, 0.2) is 0 Å². The van der Waals surface area contributed by atoms with Crippen LogP contribution in [-0.4, -0.2) is 25.4 Å². The van der Waals surface area contributed by atoms with Gasteiger partial charge in [0.25, 0.3) is 0 Å². The van der Waals surface area contributed by atoms with Crippen molar-refractivity contribution in [2.45, 2.75) is 38.4 Å². The Balaban J connectivity index is 2.20. The third kappa shape index (κ3) is 2.77. The van der Waals surface area contributed by atoms with Crippen molar-refractivity contribution >= 4 is 0 Å². The molecule has 1 N–H and O–H groups in total. The average molecular weight is 159 g/mol. The lowest BCUT2D eigenvalue weighted by atomic mass is 10.1. The second kappa shape index (κ2) is 3.52. The van der Waals surface area contributed by atoms with Crippen molar-refractivity contribution in [3.8, 4) is 0 Å². The van der Waals surface area contributed by atoms with Gasteiger partial charge in [0.2, 0.25) is 0 Å². The van der Waals surface area contributed by atoms with Gasteiger partial charge < -0.3 is 9.57 Å². The fourth-order valence-electron chi connectivity index (χ4n) is 1.40. The van der Waals surface area contributed by atoms with Crippen molar-refractivity contribution in [3.63, 3.8) is 0 Å². The number of hydrogen-bond acceptors (Lipinski definition) is 3. The molecule has 0 radical (unpaired) electrons. The van der Waals surface area contributed by atoms with E-state index in [2.05, 4.69) is 19.3 Å². The number of hydrogen-bond donors (Lipinski definition) is 1. The van der Waals surface area contributed by atoms with Crippen molar-refractivity contribution in [1.82, 2.24) is 5.48 Å². The van der Waals surface area contributed by atoms with Crippen LogP contribution in [-0.2, 0) is 9.57 Å². The van der Waals surface area contributed by atoms with Crippen LogP contribution in [0.5, 0.6) is 0 Å². The second-order valence-electron chi connectivity index (χ2n) is 3.59. The molecule has 1 aliphatic rings. The van der Waals surface area contributed by atoms with Crippen LogP contribution in [0.4, 0.5) is 0 Å². The van der Waals surface area contributed by atoms with E-state index in [9.17, 15) is 0 Å². The van der Waals surface area contributed by atoms with Crippen molar-refractivity contribution in [2.24, 2.45) is 0 Å². The molecule has 0 saturated carbocycles. The van der Waals surface area contributed by atoms with E-state index in [0.717, 1.165) is 19.4 Å². The highest BCUT2D eigenvalue weighted by molar-refractivity contribution is 4.81. The normalized spacial score (nSPS) is 29.2. The lowest BCUT2D eigenvalue weighted by molar-refractivity contribution is -0.0344. The standard InChI is InChI=1S/C8H17NO2/c1-8(2)5-4-7(11-8)6-9-10-3/h7,9H,4-6H2,1-3H3. The highest BCUT2D eigenvalue weighted by atomic mass is 16.6. The lowest BCUT2D eigenvalue weighted by Crippen LogP contribution is -2.28. The van der Waals surface area contributed by atoms with Crippen LogP contribution in [0, 0.1) is 0 Å². The van der Waals surface area contributed by atoms with E-state index >= 15 is 0 Å². The van der Waals surface area contributed by atoms with E-state index in [1.54, 1.807) is 7.11 Å². The highest BCUT2D eigenvalue weighted by Crippen LogP contribution is 2.28. The molecule has 1 rings (SSSR count). The molecule has 0 aromatic heterocycles. The molecule has 0 aliphatic carbocycles.